The van der Waals surface area contributed by atoms with Crippen molar-refractivity contribution in [3.8, 4) is 0 Å². The first-order valence-corrected chi connectivity index (χ1v) is 7.10. The summed E-state index contributed by atoms with van der Waals surface area (Å²) in [6.07, 6.45) is 11.6. The fraction of sp³-hybridized carbons (Fsp3) is 0.769. The van der Waals surface area contributed by atoms with Crippen molar-refractivity contribution in [1.82, 2.24) is 4.90 Å². The van der Waals surface area contributed by atoms with E-state index in [0.29, 0.717) is 5.92 Å². The first-order chi connectivity index (χ1) is 7.29. The normalized spacial score (nSPS) is 28.1. The molecule has 2 atom stereocenters. The van der Waals surface area contributed by atoms with E-state index in [1.54, 1.807) is 0 Å². The van der Waals surface area contributed by atoms with Gasteiger partial charge in [-0.25, -0.2) is 0 Å². The first kappa shape index (κ1) is 11.4. The summed E-state index contributed by atoms with van der Waals surface area (Å²) in [5, 5.41) is 0. The molecule has 84 valence electrons. The van der Waals surface area contributed by atoms with Gasteiger partial charge >= 0.3 is 101 Å². The quantitative estimate of drug-likeness (QED) is 0.562. The average Bonchev–Trinajstić information content (AvgIpc) is 2.82. The molecular weight excluding hydrogens is 249 g/mol. The summed E-state index contributed by atoms with van der Waals surface area (Å²) >= 11 is 3.32. The minimum absolute atomic E-state index is 0.694. The van der Waals surface area contributed by atoms with Gasteiger partial charge in [0.1, 0.15) is 0 Å². The SMILES string of the molecule is CC(C(=[Se])N1CCCC1)C1C=CCCC1. The van der Waals surface area contributed by atoms with Crippen LogP contribution >= 0.6 is 0 Å². The van der Waals surface area contributed by atoms with Crippen molar-refractivity contribution in [2.45, 2.75) is 39.0 Å². The fourth-order valence-corrected chi connectivity index (χ4v) is 3.41. The summed E-state index contributed by atoms with van der Waals surface area (Å²) in [5.74, 6) is 1.47. The molecule has 0 aromatic heterocycles. The van der Waals surface area contributed by atoms with Gasteiger partial charge in [0.05, 0.1) is 0 Å². The van der Waals surface area contributed by atoms with Crippen LogP contribution in [0.5, 0.6) is 0 Å². The van der Waals surface area contributed by atoms with Crippen molar-refractivity contribution in [2.24, 2.45) is 11.8 Å². The van der Waals surface area contributed by atoms with Gasteiger partial charge < -0.3 is 0 Å². The Morgan fingerprint density at radius 1 is 1.33 bits per heavy atom. The summed E-state index contributed by atoms with van der Waals surface area (Å²) in [4.78, 5) is 2.55. The Hall–Kier alpha value is -0.0705. The van der Waals surface area contributed by atoms with E-state index in [1.807, 2.05) is 0 Å². The van der Waals surface area contributed by atoms with Crippen molar-refractivity contribution in [2.75, 3.05) is 13.1 Å². The third-order valence-corrected chi connectivity index (χ3v) is 5.06. The third-order valence-electron chi connectivity index (χ3n) is 3.74. The standard InChI is InChI=1S/C13H21NSe/c1-11(12-7-3-2-4-8-12)13(15)14-9-5-6-10-14/h3,7,11-12H,2,4-6,8-10H2,1H3. The molecule has 2 heteroatoms. The van der Waals surface area contributed by atoms with Gasteiger partial charge in [0.15, 0.2) is 0 Å². The van der Waals surface area contributed by atoms with Crippen molar-refractivity contribution >= 4 is 20.1 Å². The third kappa shape index (κ3) is 2.73. The summed E-state index contributed by atoms with van der Waals surface area (Å²) in [6.45, 7) is 4.91. The summed E-state index contributed by atoms with van der Waals surface area (Å²) in [5.41, 5.74) is 0. The number of allylic oxidation sites excluding steroid dienone is 2. The van der Waals surface area contributed by atoms with Crippen LogP contribution in [0.3, 0.4) is 0 Å². The van der Waals surface area contributed by atoms with Gasteiger partial charge in [-0.3, -0.25) is 0 Å². The molecule has 1 aliphatic heterocycles. The zero-order valence-electron chi connectivity index (χ0n) is 9.61. The number of nitrogens with zero attached hydrogens (tertiary/aromatic N) is 1. The molecule has 0 saturated carbocycles. The van der Waals surface area contributed by atoms with E-state index in [1.165, 1.54) is 49.7 Å². The maximum absolute atomic E-state index is 3.32. The Morgan fingerprint density at radius 2 is 2.07 bits per heavy atom. The topological polar surface area (TPSA) is 3.24 Å². The Balaban J connectivity index is 1.93. The van der Waals surface area contributed by atoms with Gasteiger partial charge in [0.2, 0.25) is 0 Å². The van der Waals surface area contributed by atoms with Crippen molar-refractivity contribution in [1.29, 1.82) is 0 Å². The van der Waals surface area contributed by atoms with Crippen LogP contribution in [0.1, 0.15) is 39.0 Å². The van der Waals surface area contributed by atoms with Gasteiger partial charge in [0.25, 0.3) is 0 Å². The molecule has 0 N–H and O–H groups in total. The van der Waals surface area contributed by atoms with Crippen LogP contribution in [0.25, 0.3) is 0 Å². The Labute approximate surface area is 101 Å². The van der Waals surface area contributed by atoms with E-state index >= 15 is 0 Å². The molecule has 0 bridgehead atoms. The zero-order valence-corrected chi connectivity index (χ0v) is 11.3. The molecule has 1 saturated heterocycles. The van der Waals surface area contributed by atoms with Crippen LogP contribution in [-0.2, 0) is 0 Å². The Morgan fingerprint density at radius 3 is 2.67 bits per heavy atom. The van der Waals surface area contributed by atoms with Crippen LogP contribution < -0.4 is 0 Å². The van der Waals surface area contributed by atoms with Crippen LogP contribution in [0.15, 0.2) is 12.2 Å². The first-order valence-electron chi connectivity index (χ1n) is 6.24. The Kier molecular flexibility index (Phi) is 4.05. The van der Waals surface area contributed by atoms with Crippen LogP contribution in [0, 0.1) is 11.8 Å². The van der Waals surface area contributed by atoms with Crippen LogP contribution in [0.2, 0.25) is 0 Å². The monoisotopic (exact) mass is 271 g/mol. The molecule has 1 nitrogen and oxygen atoms in total. The Bertz CT molecular complexity index is 253. The number of likely N-dealkylation sites (tertiary alicyclic amines) is 1. The number of hydrogen-bond donors (Lipinski definition) is 0. The molecule has 15 heavy (non-hydrogen) atoms. The number of rotatable bonds is 3. The molecule has 0 radical (unpaired) electrons. The van der Waals surface area contributed by atoms with Gasteiger partial charge in [-0.2, -0.15) is 0 Å². The summed E-state index contributed by atoms with van der Waals surface area (Å²) in [6, 6.07) is 0. The predicted octanol–water partition coefficient (Wildman–Crippen LogP) is 2.37. The molecule has 2 rings (SSSR count). The van der Waals surface area contributed by atoms with E-state index in [4.69, 9.17) is 0 Å². The van der Waals surface area contributed by atoms with Crippen molar-refractivity contribution in [3.05, 3.63) is 12.2 Å². The minimum atomic E-state index is 0.694. The molecule has 0 amide bonds. The zero-order chi connectivity index (χ0) is 10.7. The second-order valence-corrected chi connectivity index (χ2v) is 5.72. The van der Waals surface area contributed by atoms with Crippen molar-refractivity contribution in [3.63, 3.8) is 0 Å². The molecule has 0 spiro atoms. The molecule has 2 aliphatic rings. The molecule has 0 aromatic carbocycles. The predicted molar refractivity (Wildman–Crippen MR) is 67.2 cm³/mol. The summed E-state index contributed by atoms with van der Waals surface area (Å²) in [7, 11) is 0. The van der Waals surface area contributed by atoms with Gasteiger partial charge in [-0.1, -0.05) is 0 Å². The average molecular weight is 270 g/mol. The maximum atomic E-state index is 3.32. The van der Waals surface area contributed by atoms with Gasteiger partial charge in [0, 0.05) is 0 Å². The van der Waals surface area contributed by atoms with E-state index in [2.05, 4.69) is 39.6 Å². The van der Waals surface area contributed by atoms with Crippen LogP contribution in [-0.4, -0.2) is 38.1 Å². The van der Waals surface area contributed by atoms with Gasteiger partial charge in [-0.15, -0.1) is 0 Å². The summed E-state index contributed by atoms with van der Waals surface area (Å²) < 4.78 is 1.50. The van der Waals surface area contributed by atoms with E-state index < -0.39 is 0 Å². The molecule has 1 heterocycles. The second kappa shape index (κ2) is 5.32. The molecule has 1 aliphatic carbocycles. The van der Waals surface area contributed by atoms with E-state index in [9.17, 15) is 0 Å². The number of hydrogen-bond acceptors (Lipinski definition) is 1. The molecular formula is C13H21NSe. The second-order valence-electron chi connectivity index (χ2n) is 4.84. The van der Waals surface area contributed by atoms with Gasteiger partial charge in [-0.05, 0) is 0 Å². The van der Waals surface area contributed by atoms with E-state index in [0.717, 1.165) is 5.92 Å². The van der Waals surface area contributed by atoms with Crippen molar-refractivity contribution < 1.29 is 0 Å². The molecule has 0 aromatic rings. The molecule has 2 unspecified atom stereocenters. The van der Waals surface area contributed by atoms with E-state index in [-0.39, 0.29) is 0 Å². The van der Waals surface area contributed by atoms with Crippen LogP contribution in [0.4, 0.5) is 0 Å². The fourth-order valence-electron chi connectivity index (χ4n) is 2.66. The molecule has 1 fully saturated rings.